The first kappa shape index (κ1) is 21.7. The summed E-state index contributed by atoms with van der Waals surface area (Å²) >= 11 is 0. The Morgan fingerprint density at radius 2 is 1.80 bits per heavy atom. The van der Waals surface area contributed by atoms with Gasteiger partial charge in [-0.2, -0.15) is 13.2 Å². The van der Waals surface area contributed by atoms with Gasteiger partial charge in [0.05, 0.1) is 17.0 Å². The van der Waals surface area contributed by atoms with Crippen LogP contribution in [0.25, 0.3) is 11.0 Å². The van der Waals surface area contributed by atoms with E-state index in [9.17, 15) is 26.4 Å². The highest BCUT2D eigenvalue weighted by atomic mass is 32.2. The predicted octanol–water partition coefficient (Wildman–Crippen LogP) is 4.31. The lowest BCUT2D eigenvalue weighted by molar-refractivity contribution is -0.136. The monoisotopic (exact) mass is 440 g/mol. The highest BCUT2D eigenvalue weighted by Gasteiger charge is 2.35. The molecule has 0 aliphatic carbocycles. The highest BCUT2D eigenvalue weighted by molar-refractivity contribution is 7.89. The zero-order valence-corrected chi connectivity index (χ0v) is 17.2. The molecule has 1 amide bonds. The number of para-hydroxylation sites is 1. The molecule has 30 heavy (non-hydrogen) atoms. The number of furan rings is 1. The number of carbonyl (C=O) groups is 1. The molecule has 0 bridgehead atoms. The Labute approximate surface area is 171 Å². The number of benzene rings is 2. The van der Waals surface area contributed by atoms with Crippen molar-refractivity contribution in [2.24, 2.45) is 0 Å². The van der Waals surface area contributed by atoms with Gasteiger partial charge in [0.1, 0.15) is 5.58 Å². The van der Waals surface area contributed by atoms with E-state index in [1.807, 2.05) is 0 Å². The summed E-state index contributed by atoms with van der Waals surface area (Å²) in [4.78, 5) is 14.3. The molecule has 3 aromatic rings. The van der Waals surface area contributed by atoms with Gasteiger partial charge in [-0.15, -0.1) is 0 Å². The molecule has 0 saturated heterocycles. The Balaban J connectivity index is 2.07. The van der Waals surface area contributed by atoms with Gasteiger partial charge in [0.2, 0.25) is 0 Å². The van der Waals surface area contributed by atoms with Gasteiger partial charge in [0.15, 0.2) is 15.6 Å². The van der Waals surface area contributed by atoms with Crippen molar-refractivity contribution < 1.29 is 30.8 Å². The maximum atomic E-state index is 13.5. The molecule has 0 unspecified atom stereocenters. The summed E-state index contributed by atoms with van der Waals surface area (Å²) in [7, 11) is -0.346. The van der Waals surface area contributed by atoms with Gasteiger partial charge >= 0.3 is 6.18 Å². The van der Waals surface area contributed by atoms with Crippen LogP contribution in [0.3, 0.4) is 0 Å². The summed E-state index contributed by atoms with van der Waals surface area (Å²) in [6.07, 6.45) is -3.71. The third kappa shape index (κ3) is 4.59. The van der Waals surface area contributed by atoms with Gasteiger partial charge in [0, 0.05) is 37.0 Å². The van der Waals surface area contributed by atoms with Crippen LogP contribution in [-0.2, 0) is 21.8 Å². The van der Waals surface area contributed by atoms with Crippen molar-refractivity contribution in [2.45, 2.75) is 11.9 Å². The van der Waals surface area contributed by atoms with Gasteiger partial charge in [-0.05, 0) is 24.3 Å². The second kappa shape index (κ2) is 7.67. The van der Waals surface area contributed by atoms with Crippen molar-refractivity contribution in [3.8, 4) is 0 Å². The average Bonchev–Trinajstić information content (AvgIpc) is 2.98. The number of fused-ring (bicyclic) bond motifs is 1. The van der Waals surface area contributed by atoms with E-state index >= 15 is 0 Å². The quantitative estimate of drug-likeness (QED) is 0.640. The molecule has 0 aliphatic heterocycles. The molecule has 0 spiro atoms. The Kier molecular flexibility index (Phi) is 5.55. The van der Waals surface area contributed by atoms with Crippen LogP contribution in [-0.4, -0.2) is 34.7 Å². The standard InChI is InChI=1S/C20H19F3N2O4S/c1-25(2)12-8-9-16(15(10-12)20(21,22)23)24-19(26)18-14(11-30(3,27)28)13-6-4-5-7-17(13)29-18/h4-10H,11H2,1-3H3,(H,24,26). The van der Waals surface area contributed by atoms with Gasteiger partial charge in [-0.3, -0.25) is 4.79 Å². The van der Waals surface area contributed by atoms with Crippen molar-refractivity contribution in [3.05, 3.63) is 59.4 Å². The van der Waals surface area contributed by atoms with Crippen molar-refractivity contribution in [1.82, 2.24) is 0 Å². The molecule has 0 fully saturated rings. The number of hydrogen-bond acceptors (Lipinski definition) is 5. The fraction of sp³-hybridized carbons (Fsp3) is 0.250. The topological polar surface area (TPSA) is 79.6 Å². The predicted molar refractivity (Wildman–Crippen MR) is 108 cm³/mol. The number of anilines is 2. The van der Waals surface area contributed by atoms with E-state index in [0.717, 1.165) is 18.4 Å². The Morgan fingerprint density at radius 3 is 2.40 bits per heavy atom. The number of nitrogens with one attached hydrogen (secondary N) is 1. The SMILES string of the molecule is CN(C)c1ccc(NC(=O)c2oc3ccccc3c2CS(C)(=O)=O)c(C(F)(F)F)c1. The maximum absolute atomic E-state index is 13.5. The van der Waals surface area contributed by atoms with Crippen molar-refractivity contribution >= 4 is 38.1 Å². The Morgan fingerprint density at radius 1 is 1.13 bits per heavy atom. The smallest absolute Gasteiger partial charge is 0.418 e. The molecule has 0 saturated carbocycles. The summed E-state index contributed by atoms with van der Waals surface area (Å²) < 4.78 is 69.8. The molecule has 10 heteroatoms. The van der Waals surface area contributed by atoms with E-state index in [-0.39, 0.29) is 16.9 Å². The summed E-state index contributed by atoms with van der Waals surface area (Å²) in [5.74, 6) is -1.79. The summed E-state index contributed by atoms with van der Waals surface area (Å²) in [6, 6.07) is 9.92. The largest absolute Gasteiger partial charge is 0.451 e. The van der Waals surface area contributed by atoms with Gasteiger partial charge in [-0.1, -0.05) is 18.2 Å². The minimum absolute atomic E-state index is 0.101. The fourth-order valence-electron chi connectivity index (χ4n) is 3.02. The number of rotatable bonds is 5. The fourth-order valence-corrected chi connectivity index (χ4v) is 3.83. The molecule has 1 heterocycles. The normalized spacial score (nSPS) is 12.2. The number of sulfone groups is 1. The Hall–Kier alpha value is -3.01. The molecule has 160 valence electrons. The van der Waals surface area contributed by atoms with Crippen LogP contribution in [0.1, 0.15) is 21.7 Å². The Bertz CT molecular complexity index is 1210. The second-order valence-electron chi connectivity index (χ2n) is 7.05. The molecule has 0 atom stereocenters. The summed E-state index contributed by atoms with van der Waals surface area (Å²) in [5.41, 5.74) is -0.808. The first-order chi connectivity index (χ1) is 13.9. The van der Waals surface area contributed by atoms with Crippen LogP contribution < -0.4 is 10.2 Å². The first-order valence-corrected chi connectivity index (χ1v) is 10.8. The molecular formula is C20H19F3N2O4S. The van der Waals surface area contributed by atoms with Crippen LogP contribution in [0.2, 0.25) is 0 Å². The molecule has 6 nitrogen and oxygen atoms in total. The summed E-state index contributed by atoms with van der Waals surface area (Å²) in [5, 5.41) is 2.63. The minimum atomic E-state index is -4.71. The molecule has 1 aromatic heterocycles. The number of amides is 1. The van der Waals surface area contributed by atoms with Gasteiger partial charge < -0.3 is 14.6 Å². The average molecular weight is 440 g/mol. The van der Waals surface area contributed by atoms with Crippen LogP contribution in [0, 0.1) is 0 Å². The molecule has 1 N–H and O–H groups in total. The molecule has 0 aliphatic rings. The highest BCUT2D eigenvalue weighted by Crippen LogP contribution is 2.37. The molecular weight excluding hydrogens is 421 g/mol. The van der Waals surface area contributed by atoms with Gasteiger partial charge in [-0.25, -0.2) is 8.42 Å². The van der Waals surface area contributed by atoms with Crippen LogP contribution >= 0.6 is 0 Å². The molecule has 0 radical (unpaired) electrons. The zero-order valence-electron chi connectivity index (χ0n) is 16.4. The number of nitrogens with zero attached hydrogens (tertiary/aromatic N) is 1. The zero-order chi connectivity index (χ0) is 22.3. The lowest BCUT2D eigenvalue weighted by Gasteiger charge is -2.18. The third-order valence-corrected chi connectivity index (χ3v) is 5.20. The number of halogens is 3. The lowest BCUT2D eigenvalue weighted by atomic mass is 10.1. The van der Waals surface area contributed by atoms with E-state index in [4.69, 9.17) is 4.42 Å². The summed E-state index contributed by atoms with van der Waals surface area (Å²) in [6.45, 7) is 0. The van der Waals surface area contributed by atoms with Crippen LogP contribution in [0.4, 0.5) is 24.5 Å². The van der Waals surface area contributed by atoms with Crippen molar-refractivity contribution in [3.63, 3.8) is 0 Å². The number of carbonyl (C=O) groups excluding carboxylic acids is 1. The lowest BCUT2D eigenvalue weighted by Crippen LogP contribution is -2.19. The minimum Gasteiger partial charge on any atom is -0.451 e. The van der Waals surface area contributed by atoms with E-state index in [1.165, 1.54) is 11.0 Å². The van der Waals surface area contributed by atoms with E-state index in [0.29, 0.717) is 11.1 Å². The molecule has 3 rings (SSSR count). The number of hydrogen-bond donors (Lipinski definition) is 1. The van der Waals surface area contributed by atoms with Crippen molar-refractivity contribution in [1.29, 1.82) is 0 Å². The van der Waals surface area contributed by atoms with Crippen LogP contribution in [0.15, 0.2) is 46.9 Å². The van der Waals surface area contributed by atoms with Crippen LogP contribution in [0.5, 0.6) is 0 Å². The van der Waals surface area contributed by atoms with Crippen molar-refractivity contribution in [2.75, 3.05) is 30.6 Å². The van der Waals surface area contributed by atoms with Gasteiger partial charge in [0.25, 0.3) is 5.91 Å². The van der Waals surface area contributed by atoms with E-state index in [2.05, 4.69) is 5.32 Å². The van der Waals surface area contributed by atoms with E-state index < -0.39 is 38.9 Å². The second-order valence-corrected chi connectivity index (χ2v) is 9.19. The first-order valence-electron chi connectivity index (χ1n) is 8.75. The van der Waals surface area contributed by atoms with E-state index in [1.54, 1.807) is 38.4 Å². The number of alkyl halides is 3. The maximum Gasteiger partial charge on any atom is 0.418 e. The third-order valence-electron chi connectivity index (χ3n) is 4.38. The molecule has 2 aromatic carbocycles.